The maximum atomic E-state index is 4.91. The molecule has 0 unspecified atom stereocenters. The van der Waals surface area contributed by atoms with Crippen molar-refractivity contribution in [3.05, 3.63) is 64.4 Å². The van der Waals surface area contributed by atoms with Gasteiger partial charge in [-0.3, -0.25) is 4.40 Å². The Bertz CT molecular complexity index is 835. The van der Waals surface area contributed by atoms with Crippen LogP contribution in [0.15, 0.2) is 53.1 Å². The third-order valence-electron chi connectivity index (χ3n) is 5.09. The van der Waals surface area contributed by atoms with E-state index >= 15 is 0 Å². The predicted molar refractivity (Wildman–Crippen MR) is 107 cm³/mol. The van der Waals surface area contributed by atoms with Crippen LogP contribution in [-0.2, 0) is 12.8 Å². The molecule has 0 radical (unpaired) electrons. The number of hydrogen-bond acceptors (Lipinski definition) is 2. The molecule has 0 saturated heterocycles. The number of imidazole rings is 1. The molecule has 3 nitrogen and oxygen atoms in total. The van der Waals surface area contributed by atoms with E-state index in [1.165, 1.54) is 49.2 Å². The molecule has 0 spiro atoms. The third kappa shape index (κ3) is 3.90. The van der Waals surface area contributed by atoms with Crippen molar-refractivity contribution >= 4 is 27.4 Å². The molecule has 0 atom stereocenters. The number of benzene rings is 1. The lowest BCUT2D eigenvalue weighted by Crippen LogP contribution is -2.23. The fourth-order valence-corrected chi connectivity index (χ4v) is 4.08. The second kappa shape index (κ2) is 7.61. The zero-order valence-corrected chi connectivity index (χ0v) is 16.0. The van der Waals surface area contributed by atoms with E-state index in [-0.39, 0.29) is 0 Å². The number of aromatic nitrogens is 2. The van der Waals surface area contributed by atoms with Crippen LogP contribution in [0.5, 0.6) is 0 Å². The summed E-state index contributed by atoms with van der Waals surface area (Å²) in [7, 11) is 0. The van der Waals surface area contributed by atoms with Crippen LogP contribution in [0.25, 0.3) is 5.65 Å². The van der Waals surface area contributed by atoms with E-state index < -0.39 is 0 Å². The number of rotatable bonds is 5. The fourth-order valence-electron chi connectivity index (χ4n) is 3.74. The Morgan fingerprint density at radius 3 is 2.60 bits per heavy atom. The summed E-state index contributed by atoms with van der Waals surface area (Å²) >= 11 is 3.60. The molecule has 4 rings (SSSR count). The van der Waals surface area contributed by atoms with Crippen molar-refractivity contribution in [1.29, 1.82) is 0 Å². The smallest absolute Gasteiger partial charge is 0.138 e. The molecule has 0 amide bonds. The summed E-state index contributed by atoms with van der Waals surface area (Å²) in [6, 6.07) is 15.4. The van der Waals surface area contributed by atoms with Gasteiger partial charge < -0.3 is 5.32 Å². The van der Waals surface area contributed by atoms with Crippen molar-refractivity contribution in [2.24, 2.45) is 0 Å². The SMILES string of the molecule is Brc1ccc2nc(CCc3ccccc3)c(NC3CCCCC3)n2c1. The van der Waals surface area contributed by atoms with Crippen LogP contribution in [0.1, 0.15) is 43.4 Å². The second-order valence-electron chi connectivity index (χ2n) is 6.95. The van der Waals surface area contributed by atoms with Crippen LogP contribution in [0.3, 0.4) is 0 Å². The third-order valence-corrected chi connectivity index (χ3v) is 5.56. The average molecular weight is 398 g/mol. The lowest BCUT2D eigenvalue weighted by Gasteiger charge is -2.24. The Labute approximate surface area is 157 Å². The molecule has 0 aliphatic heterocycles. The van der Waals surface area contributed by atoms with Crippen LogP contribution < -0.4 is 5.32 Å². The van der Waals surface area contributed by atoms with Gasteiger partial charge in [-0.2, -0.15) is 0 Å². The van der Waals surface area contributed by atoms with E-state index in [1.807, 2.05) is 0 Å². The lowest BCUT2D eigenvalue weighted by atomic mass is 9.95. The number of aryl methyl sites for hydroxylation is 2. The van der Waals surface area contributed by atoms with Gasteiger partial charge in [0.25, 0.3) is 0 Å². The van der Waals surface area contributed by atoms with Gasteiger partial charge in [0.05, 0.1) is 5.69 Å². The molecule has 0 bridgehead atoms. The summed E-state index contributed by atoms with van der Waals surface area (Å²) in [5.74, 6) is 1.18. The fraction of sp³-hybridized carbons (Fsp3) is 0.381. The summed E-state index contributed by atoms with van der Waals surface area (Å²) in [6.07, 6.45) is 10.7. The van der Waals surface area contributed by atoms with Gasteiger partial charge in [0.2, 0.25) is 0 Å². The predicted octanol–water partition coefficient (Wildman–Crippen LogP) is 5.63. The van der Waals surface area contributed by atoms with E-state index in [2.05, 4.69) is 74.3 Å². The number of pyridine rings is 1. The van der Waals surface area contributed by atoms with Crippen LogP contribution in [0, 0.1) is 0 Å². The lowest BCUT2D eigenvalue weighted by molar-refractivity contribution is 0.461. The van der Waals surface area contributed by atoms with Gasteiger partial charge in [-0.25, -0.2) is 4.98 Å². The number of nitrogens with one attached hydrogen (secondary N) is 1. The van der Waals surface area contributed by atoms with Crippen molar-refractivity contribution in [3.8, 4) is 0 Å². The number of hydrogen-bond donors (Lipinski definition) is 1. The number of fused-ring (bicyclic) bond motifs is 1. The quantitative estimate of drug-likeness (QED) is 0.604. The highest BCUT2D eigenvalue weighted by molar-refractivity contribution is 9.10. The van der Waals surface area contributed by atoms with E-state index in [9.17, 15) is 0 Å². The molecule has 2 heterocycles. The number of nitrogens with zero attached hydrogens (tertiary/aromatic N) is 2. The molecule has 3 aromatic rings. The topological polar surface area (TPSA) is 29.3 Å². The van der Waals surface area contributed by atoms with Crippen molar-refractivity contribution < 1.29 is 0 Å². The molecule has 1 aromatic carbocycles. The Morgan fingerprint density at radius 2 is 1.80 bits per heavy atom. The van der Waals surface area contributed by atoms with Gasteiger partial charge in [-0.1, -0.05) is 49.6 Å². The standard InChI is InChI=1S/C21H24BrN3/c22-17-12-14-20-24-19(13-11-16-7-3-1-4-8-16)21(25(20)15-17)23-18-9-5-2-6-10-18/h1,3-4,7-8,12,14-15,18,23H,2,5-6,9-11,13H2. The molecule has 1 saturated carbocycles. The molecule has 1 aliphatic carbocycles. The number of halogens is 1. The van der Waals surface area contributed by atoms with Crippen molar-refractivity contribution in [2.45, 2.75) is 51.0 Å². The summed E-state index contributed by atoms with van der Waals surface area (Å²) in [6.45, 7) is 0. The van der Waals surface area contributed by atoms with E-state index in [0.29, 0.717) is 6.04 Å². The van der Waals surface area contributed by atoms with Gasteiger partial charge in [0.1, 0.15) is 11.5 Å². The zero-order valence-electron chi connectivity index (χ0n) is 14.4. The van der Waals surface area contributed by atoms with Crippen LogP contribution in [0.4, 0.5) is 5.82 Å². The molecule has 1 N–H and O–H groups in total. The Balaban J connectivity index is 1.63. The van der Waals surface area contributed by atoms with Crippen molar-refractivity contribution in [3.63, 3.8) is 0 Å². The zero-order chi connectivity index (χ0) is 17.1. The van der Waals surface area contributed by atoms with Gasteiger partial charge in [-0.05, 0) is 59.3 Å². The Kier molecular flexibility index (Phi) is 5.07. The highest BCUT2D eigenvalue weighted by Crippen LogP contribution is 2.27. The Morgan fingerprint density at radius 1 is 1.00 bits per heavy atom. The highest BCUT2D eigenvalue weighted by Gasteiger charge is 2.18. The van der Waals surface area contributed by atoms with E-state index in [4.69, 9.17) is 4.98 Å². The van der Waals surface area contributed by atoms with Gasteiger partial charge in [0.15, 0.2) is 0 Å². The monoisotopic (exact) mass is 397 g/mol. The minimum atomic E-state index is 0.572. The minimum Gasteiger partial charge on any atom is -0.367 e. The van der Waals surface area contributed by atoms with Crippen LogP contribution >= 0.6 is 15.9 Å². The molecular formula is C21H24BrN3. The minimum absolute atomic E-state index is 0.572. The summed E-state index contributed by atoms with van der Waals surface area (Å²) < 4.78 is 3.29. The maximum Gasteiger partial charge on any atom is 0.138 e. The Hall–Kier alpha value is -1.81. The van der Waals surface area contributed by atoms with Gasteiger partial charge >= 0.3 is 0 Å². The summed E-state index contributed by atoms with van der Waals surface area (Å²) in [5.41, 5.74) is 3.56. The molecule has 130 valence electrons. The van der Waals surface area contributed by atoms with Gasteiger partial charge in [-0.15, -0.1) is 0 Å². The first kappa shape index (κ1) is 16.6. The molecule has 4 heteroatoms. The molecule has 25 heavy (non-hydrogen) atoms. The molecule has 2 aromatic heterocycles. The van der Waals surface area contributed by atoms with E-state index in [1.54, 1.807) is 0 Å². The summed E-state index contributed by atoms with van der Waals surface area (Å²) in [5, 5.41) is 3.82. The summed E-state index contributed by atoms with van der Waals surface area (Å²) in [4.78, 5) is 4.91. The van der Waals surface area contributed by atoms with Crippen molar-refractivity contribution in [2.75, 3.05) is 5.32 Å². The normalized spacial score (nSPS) is 15.6. The van der Waals surface area contributed by atoms with Crippen LogP contribution in [0.2, 0.25) is 0 Å². The molecule has 1 fully saturated rings. The first-order chi connectivity index (χ1) is 12.3. The first-order valence-corrected chi connectivity index (χ1v) is 10.1. The van der Waals surface area contributed by atoms with Crippen molar-refractivity contribution in [1.82, 2.24) is 9.38 Å². The highest BCUT2D eigenvalue weighted by atomic mass is 79.9. The van der Waals surface area contributed by atoms with Gasteiger partial charge in [0, 0.05) is 16.7 Å². The first-order valence-electron chi connectivity index (χ1n) is 9.26. The molecule has 1 aliphatic rings. The number of anilines is 1. The molecular weight excluding hydrogens is 374 g/mol. The second-order valence-corrected chi connectivity index (χ2v) is 7.86. The van der Waals surface area contributed by atoms with Crippen LogP contribution in [-0.4, -0.2) is 15.4 Å². The largest absolute Gasteiger partial charge is 0.367 e. The maximum absolute atomic E-state index is 4.91. The van der Waals surface area contributed by atoms with E-state index in [0.717, 1.165) is 23.0 Å². The average Bonchev–Trinajstić information content (AvgIpc) is 2.99.